The summed E-state index contributed by atoms with van der Waals surface area (Å²) in [7, 11) is 0. The van der Waals surface area contributed by atoms with Crippen LogP contribution < -0.4 is 9.47 Å². The Morgan fingerprint density at radius 3 is 2.75 bits per heavy atom. The Balaban J connectivity index is 1.39. The lowest BCUT2D eigenvalue weighted by Crippen LogP contribution is -2.38. The summed E-state index contributed by atoms with van der Waals surface area (Å²) in [5.41, 5.74) is 1.36. The third-order valence-corrected chi connectivity index (χ3v) is 4.26. The first-order valence-electron chi connectivity index (χ1n) is 8.58. The first-order valence-corrected chi connectivity index (χ1v) is 8.58. The largest absolute Gasteiger partial charge is 0.485 e. The quantitative estimate of drug-likeness (QED) is 0.677. The average molecular weight is 377 g/mol. The van der Waals surface area contributed by atoms with E-state index in [1.807, 2.05) is 18.2 Å². The van der Waals surface area contributed by atoms with Crippen molar-refractivity contribution >= 4 is 22.8 Å². The summed E-state index contributed by atoms with van der Waals surface area (Å²) in [5.74, 6) is -1.28. The van der Waals surface area contributed by atoms with Crippen molar-refractivity contribution in [2.45, 2.75) is 12.0 Å². The number of nitrogens with one attached hydrogen (secondary N) is 1. The number of Topliss-reactive ketones (excluding diaryl/α,β-unsaturated/α-hetero) is 1. The van der Waals surface area contributed by atoms with Gasteiger partial charge >= 0.3 is 5.97 Å². The number of nitrogens with zero attached hydrogens (tertiary/aromatic N) is 2. The highest BCUT2D eigenvalue weighted by molar-refractivity contribution is 5.91. The van der Waals surface area contributed by atoms with Crippen molar-refractivity contribution in [1.82, 2.24) is 9.97 Å². The molecule has 2 atom stereocenters. The lowest BCUT2D eigenvalue weighted by molar-refractivity contribution is -0.157. The summed E-state index contributed by atoms with van der Waals surface area (Å²) in [6.45, 7) is -0.578. The second kappa shape index (κ2) is 7.40. The maximum absolute atomic E-state index is 12.4. The highest BCUT2D eigenvalue weighted by Crippen LogP contribution is 2.31. The molecule has 1 N–H and O–H groups in total. The first-order chi connectivity index (χ1) is 13.7. The van der Waals surface area contributed by atoms with Gasteiger partial charge in [-0.05, 0) is 24.3 Å². The van der Waals surface area contributed by atoms with E-state index in [4.69, 9.17) is 14.2 Å². The zero-order valence-corrected chi connectivity index (χ0v) is 14.6. The number of nitriles is 1. The molecule has 8 heteroatoms. The van der Waals surface area contributed by atoms with Gasteiger partial charge in [0.1, 0.15) is 12.4 Å². The van der Waals surface area contributed by atoms with Gasteiger partial charge in [-0.2, -0.15) is 5.26 Å². The number of hydrogen-bond donors (Lipinski definition) is 1. The third kappa shape index (κ3) is 3.38. The highest BCUT2D eigenvalue weighted by atomic mass is 16.6. The first kappa shape index (κ1) is 17.5. The van der Waals surface area contributed by atoms with Gasteiger partial charge in [-0.1, -0.05) is 24.3 Å². The van der Waals surface area contributed by atoms with E-state index in [9.17, 15) is 14.9 Å². The van der Waals surface area contributed by atoms with Crippen LogP contribution in [-0.2, 0) is 14.3 Å². The molecule has 1 aliphatic heterocycles. The van der Waals surface area contributed by atoms with Gasteiger partial charge in [-0.3, -0.25) is 4.79 Å². The number of aromatic amines is 1. The van der Waals surface area contributed by atoms with Crippen molar-refractivity contribution in [3.05, 3.63) is 54.4 Å². The molecule has 0 bridgehead atoms. The predicted molar refractivity (Wildman–Crippen MR) is 96.8 cm³/mol. The number of aromatic nitrogens is 2. The van der Waals surface area contributed by atoms with Gasteiger partial charge in [0.15, 0.2) is 29.8 Å². The van der Waals surface area contributed by atoms with E-state index >= 15 is 0 Å². The Bertz CT molecular complexity index is 1050. The number of H-pyrrole nitrogens is 1. The molecule has 1 aromatic heterocycles. The monoisotopic (exact) mass is 377 g/mol. The number of para-hydroxylation sites is 4. The molecular weight excluding hydrogens is 362 g/mol. The van der Waals surface area contributed by atoms with Gasteiger partial charge < -0.3 is 19.2 Å². The molecular formula is C20H15N3O5. The Morgan fingerprint density at radius 1 is 1.21 bits per heavy atom. The minimum Gasteiger partial charge on any atom is -0.485 e. The van der Waals surface area contributed by atoms with Gasteiger partial charge in [0.2, 0.25) is 6.10 Å². The molecule has 0 saturated heterocycles. The maximum Gasteiger partial charge on any atom is 0.351 e. The molecule has 140 valence electrons. The van der Waals surface area contributed by atoms with Crippen molar-refractivity contribution in [3.8, 4) is 17.6 Å². The molecule has 2 heterocycles. The molecule has 28 heavy (non-hydrogen) atoms. The number of fused-ring (bicyclic) bond motifs is 2. The van der Waals surface area contributed by atoms with Crippen molar-refractivity contribution < 1.29 is 23.8 Å². The van der Waals surface area contributed by atoms with Crippen LogP contribution in [0.15, 0.2) is 48.5 Å². The van der Waals surface area contributed by atoms with Crippen LogP contribution in [0.25, 0.3) is 11.0 Å². The second-order valence-electron chi connectivity index (χ2n) is 6.14. The van der Waals surface area contributed by atoms with Crippen molar-refractivity contribution in [3.63, 3.8) is 0 Å². The van der Waals surface area contributed by atoms with Crippen LogP contribution in [0.1, 0.15) is 11.7 Å². The maximum atomic E-state index is 12.4. The second-order valence-corrected chi connectivity index (χ2v) is 6.14. The van der Waals surface area contributed by atoms with E-state index in [-0.39, 0.29) is 12.4 Å². The zero-order chi connectivity index (χ0) is 19.5. The van der Waals surface area contributed by atoms with Gasteiger partial charge in [0.25, 0.3) is 0 Å². The number of carbonyl (C=O) groups is 2. The van der Waals surface area contributed by atoms with Crippen LogP contribution in [0.3, 0.4) is 0 Å². The van der Waals surface area contributed by atoms with Crippen molar-refractivity contribution in [1.29, 1.82) is 5.26 Å². The summed E-state index contributed by atoms with van der Waals surface area (Å²) < 4.78 is 16.1. The summed E-state index contributed by atoms with van der Waals surface area (Å²) in [6.07, 6.45) is -0.977. The number of hydrogen-bond acceptors (Lipinski definition) is 7. The smallest absolute Gasteiger partial charge is 0.351 e. The molecule has 3 aromatic rings. The number of rotatable bonds is 5. The van der Waals surface area contributed by atoms with Crippen molar-refractivity contribution in [2.24, 2.45) is 0 Å². The summed E-state index contributed by atoms with van der Waals surface area (Å²) >= 11 is 0. The zero-order valence-electron chi connectivity index (χ0n) is 14.6. The lowest BCUT2D eigenvalue weighted by Gasteiger charge is -2.24. The van der Waals surface area contributed by atoms with Crippen LogP contribution in [0.2, 0.25) is 0 Å². The van der Waals surface area contributed by atoms with E-state index in [0.717, 1.165) is 0 Å². The molecule has 0 amide bonds. The number of ketones is 1. The van der Waals surface area contributed by atoms with E-state index in [2.05, 4.69) is 9.97 Å². The van der Waals surface area contributed by atoms with E-state index in [0.29, 0.717) is 22.5 Å². The van der Waals surface area contributed by atoms with Crippen LogP contribution in [0.4, 0.5) is 0 Å². The van der Waals surface area contributed by atoms with Crippen LogP contribution in [0, 0.1) is 11.3 Å². The molecule has 4 rings (SSSR count). The van der Waals surface area contributed by atoms with Gasteiger partial charge in [0.05, 0.1) is 17.1 Å². The number of benzene rings is 2. The number of ether oxygens (including phenoxy) is 3. The van der Waals surface area contributed by atoms with Crippen LogP contribution in [0.5, 0.6) is 11.5 Å². The molecule has 0 radical (unpaired) electrons. The van der Waals surface area contributed by atoms with Gasteiger partial charge in [-0.25, -0.2) is 9.78 Å². The molecule has 0 saturated carbocycles. The Morgan fingerprint density at radius 2 is 1.96 bits per heavy atom. The Hall–Kier alpha value is -3.86. The third-order valence-electron chi connectivity index (χ3n) is 4.26. The number of esters is 1. The lowest BCUT2D eigenvalue weighted by atomic mass is 10.1. The molecule has 8 nitrogen and oxygen atoms in total. The Labute approximate surface area is 159 Å². The van der Waals surface area contributed by atoms with Gasteiger partial charge in [0, 0.05) is 0 Å². The minimum atomic E-state index is -1.16. The summed E-state index contributed by atoms with van der Waals surface area (Å²) in [6, 6.07) is 16.0. The predicted octanol–water partition coefficient (Wildman–Crippen LogP) is 2.12. The highest BCUT2D eigenvalue weighted by Gasteiger charge is 2.31. The average Bonchev–Trinajstić information content (AvgIpc) is 3.15. The molecule has 2 unspecified atom stereocenters. The molecule has 0 spiro atoms. The fourth-order valence-electron chi connectivity index (χ4n) is 2.85. The minimum absolute atomic E-state index is 0.0186. The standard InChI is InChI=1S/C20H15N3O5/c21-9-12(19-22-13-5-1-2-6-14(13)23-19)15(24)10-27-20(25)18-11-26-16-7-3-4-8-17(16)28-18/h1-8,12,18H,10-11H2,(H,22,23). The Kier molecular flexibility index (Phi) is 4.64. The topological polar surface area (TPSA) is 114 Å². The number of carbonyl (C=O) groups excluding carboxylic acids is 2. The van der Waals surface area contributed by atoms with Crippen LogP contribution in [-0.4, -0.2) is 41.0 Å². The fourth-order valence-corrected chi connectivity index (χ4v) is 2.85. The molecule has 2 aromatic carbocycles. The molecule has 0 fully saturated rings. The summed E-state index contributed by atoms with van der Waals surface area (Å²) in [5, 5.41) is 9.38. The molecule has 1 aliphatic rings. The van der Waals surface area contributed by atoms with E-state index in [1.165, 1.54) is 0 Å². The van der Waals surface area contributed by atoms with Crippen LogP contribution >= 0.6 is 0 Å². The fraction of sp³-hybridized carbons (Fsp3) is 0.200. The normalized spacial score (nSPS) is 16.2. The van der Waals surface area contributed by atoms with Crippen molar-refractivity contribution in [2.75, 3.05) is 13.2 Å². The number of imidazole rings is 1. The van der Waals surface area contributed by atoms with E-state index < -0.39 is 30.4 Å². The van der Waals surface area contributed by atoms with Gasteiger partial charge in [-0.15, -0.1) is 0 Å². The van der Waals surface area contributed by atoms with E-state index in [1.54, 1.807) is 36.4 Å². The SMILES string of the molecule is N#CC(C(=O)COC(=O)C1COc2ccccc2O1)c1nc2ccccc2[nH]1. The molecule has 0 aliphatic carbocycles. The summed E-state index contributed by atoms with van der Waals surface area (Å²) in [4.78, 5) is 31.8.